The number of nitrogens with one attached hydrogen (secondary N) is 1. The number of carbonyl (C=O) groups is 1. The quantitative estimate of drug-likeness (QED) is 0.699. The van der Waals surface area contributed by atoms with Crippen LogP contribution in [-0.2, 0) is 15.7 Å². The van der Waals surface area contributed by atoms with Gasteiger partial charge in [-0.15, -0.1) is 12.4 Å². The summed E-state index contributed by atoms with van der Waals surface area (Å²) >= 11 is 0. The summed E-state index contributed by atoms with van der Waals surface area (Å²) in [5.74, 6) is -0.161. The fraction of sp³-hybridized carbons (Fsp3) is 0.500. The number of alkyl halides is 3. The fourth-order valence-electron chi connectivity index (χ4n) is 1.66. The molecule has 0 heterocycles. The third-order valence-electron chi connectivity index (χ3n) is 2.86. The number of halogens is 4. The summed E-state index contributed by atoms with van der Waals surface area (Å²) in [7, 11) is 1.46. The van der Waals surface area contributed by atoms with Gasteiger partial charge in [-0.2, -0.15) is 13.2 Å². The normalized spacial score (nSPS) is 12.2. The van der Waals surface area contributed by atoms with Gasteiger partial charge in [-0.25, -0.2) is 0 Å². The van der Waals surface area contributed by atoms with Gasteiger partial charge in [0.2, 0.25) is 5.91 Å². The van der Waals surface area contributed by atoms with Crippen molar-refractivity contribution < 1.29 is 27.4 Å². The number of nitrogens with two attached hydrogens (primary N) is 1. The van der Waals surface area contributed by atoms with E-state index in [1.165, 1.54) is 19.2 Å². The average molecular weight is 357 g/mol. The topological polar surface area (TPSA) is 73.6 Å². The number of rotatable bonds is 8. The molecule has 0 aliphatic carbocycles. The predicted octanol–water partition coefficient (Wildman–Crippen LogP) is 1.99. The Balaban J connectivity index is 0.00000484. The second-order valence-corrected chi connectivity index (χ2v) is 4.52. The molecule has 1 aromatic carbocycles. The molecule has 23 heavy (non-hydrogen) atoms. The maximum atomic E-state index is 12.5. The third-order valence-corrected chi connectivity index (χ3v) is 2.86. The van der Waals surface area contributed by atoms with E-state index >= 15 is 0 Å². The van der Waals surface area contributed by atoms with Crippen molar-refractivity contribution in [2.45, 2.75) is 18.7 Å². The maximum Gasteiger partial charge on any atom is 0.416 e. The lowest BCUT2D eigenvalue weighted by Gasteiger charge is -2.13. The molecule has 0 fully saturated rings. The van der Waals surface area contributed by atoms with Crippen LogP contribution in [0.15, 0.2) is 24.3 Å². The highest BCUT2D eigenvalue weighted by atomic mass is 35.5. The van der Waals surface area contributed by atoms with E-state index in [9.17, 15) is 18.0 Å². The molecule has 1 atom stereocenters. The molecule has 0 saturated heterocycles. The summed E-state index contributed by atoms with van der Waals surface area (Å²) in [4.78, 5) is 11.5. The lowest BCUT2D eigenvalue weighted by Crippen LogP contribution is -2.34. The molecule has 3 N–H and O–H groups in total. The molecule has 5 nitrogen and oxygen atoms in total. The number of benzene rings is 1. The fourth-order valence-corrected chi connectivity index (χ4v) is 1.66. The Morgan fingerprint density at radius 2 is 2.09 bits per heavy atom. The lowest BCUT2D eigenvalue weighted by atomic mass is 10.2. The summed E-state index contributed by atoms with van der Waals surface area (Å²) in [6.07, 6.45) is -4.65. The molecule has 0 aliphatic heterocycles. The smallest absolute Gasteiger partial charge is 0.416 e. The van der Waals surface area contributed by atoms with Crippen molar-refractivity contribution in [1.82, 2.24) is 5.32 Å². The Hall–Kier alpha value is -1.51. The minimum atomic E-state index is -4.41. The summed E-state index contributed by atoms with van der Waals surface area (Å²) in [5.41, 5.74) is 4.61. The van der Waals surface area contributed by atoms with Crippen molar-refractivity contribution in [3.05, 3.63) is 29.8 Å². The van der Waals surface area contributed by atoms with E-state index in [4.69, 9.17) is 15.2 Å². The van der Waals surface area contributed by atoms with Crippen LogP contribution in [0.3, 0.4) is 0 Å². The van der Waals surface area contributed by atoms with Gasteiger partial charge < -0.3 is 20.5 Å². The molecule has 0 aromatic heterocycles. The first-order valence-electron chi connectivity index (χ1n) is 6.66. The summed E-state index contributed by atoms with van der Waals surface area (Å²) in [6, 6.07) is 4.57. The van der Waals surface area contributed by atoms with E-state index in [0.29, 0.717) is 0 Å². The van der Waals surface area contributed by atoms with E-state index in [1.54, 1.807) is 0 Å². The number of methoxy groups -OCH3 is 1. The molecule has 1 amide bonds. The van der Waals surface area contributed by atoms with Crippen LogP contribution in [0.25, 0.3) is 0 Å². The summed E-state index contributed by atoms with van der Waals surface area (Å²) < 4.78 is 47.7. The van der Waals surface area contributed by atoms with Crippen LogP contribution in [-0.4, -0.2) is 38.8 Å². The molecule has 1 rings (SSSR count). The van der Waals surface area contributed by atoms with Crippen molar-refractivity contribution in [3.63, 3.8) is 0 Å². The van der Waals surface area contributed by atoms with E-state index in [0.717, 1.165) is 12.1 Å². The number of hydrogen-bond acceptors (Lipinski definition) is 4. The minimum absolute atomic E-state index is 0. The van der Waals surface area contributed by atoms with Crippen LogP contribution in [0, 0.1) is 0 Å². The van der Waals surface area contributed by atoms with Gasteiger partial charge in [0.15, 0.2) is 0 Å². The minimum Gasteiger partial charge on any atom is -0.492 e. The predicted molar refractivity (Wildman–Crippen MR) is 81.7 cm³/mol. The van der Waals surface area contributed by atoms with E-state index < -0.39 is 11.7 Å². The lowest BCUT2D eigenvalue weighted by molar-refractivity contribution is -0.137. The molecular formula is C14H20ClF3N2O3. The Kier molecular flexibility index (Phi) is 9.62. The number of hydrogen-bond donors (Lipinski definition) is 2. The zero-order valence-electron chi connectivity index (χ0n) is 12.6. The van der Waals surface area contributed by atoms with Gasteiger partial charge in [0, 0.05) is 13.7 Å². The monoisotopic (exact) mass is 356 g/mol. The number of amides is 1. The highest BCUT2D eigenvalue weighted by Gasteiger charge is 2.30. The van der Waals surface area contributed by atoms with Crippen molar-refractivity contribution in [2.75, 3.05) is 26.8 Å². The molecule has 0 bridgehead atoms. The Bertz CT molecular complexity index is 483. The van der Waals surface area contributed by atoms with Crippen molar-refractivity contribution in [1.29, 1.82) is 0 Å². The summed E-state index contributed by atoms with van der Waals surface area (Å²) in [6.45, 7) is 0.466. The van der Waals surface area contributed by atoms with Crippen molar-refractivity contribution >= 4 is 18.3 Å². The van der Waals surface area contributed by atoms with Crippen LogP contribution in [0.1, 0.15) is 12.0 Å². The van der Waals surface area contributed by atoms with Crippen LogP contribution in [0.4, 0.5) is 13.2 Å². The molecule has 9 heteroatoms. The SMILES string of the molecule is COC(CN)CC(=O)NCCOc1cccc(C(F)(F)F)c1.Cl. The molecule has 0 saturated carbocycles. The standard InChI is InChI=1S/C14H19F3N2O3.ClH/c1-21-12(9-18)8-13(20)19-5-6-22-11-4-2-3-10(7-11)14(15,16)17;/h2-4,7,12H,5-6,8-9,18H2,1H3,(H,19,20);1H. The van der Waals surface area contributed by atoms with Gasteiger partial charge in [-0.05, 0) is 18.2 Å². The van der Waals surface area contributed by atoms with Crippen molar-refractivity contribution in [2.24, 2.45) is 5.73 Å². The first-order valence-corrected chi connectivity index (χ1v) is 6.66. The largest absolute Gasteiger partial charge is 0.492 e. The Labute approximate surface area is 138 Å². The molecule has 1 unspecified atom stereocenters. The summed E-state index contributed by atoms with van der Waals surface area (Å²) in [5, 5.41) is 2.58. The second kappa shape index (κ2) is 10.3. The van der Waals surface area contributed by atoms with E-state index in [-0.39, 0.29) is 56.3 Å². The van der Waals surface area contributed by atoms with Gasteiger partial charge in [-0.1, -0.05) is 6.07 Å². The van der Waals surface area contributed by atoms with Crippen LogP contribution in [0.2, 0.25) is 0 Å². The Morgan fingerprint density at radius 3 is 2.65 bits per heavy atom. The van der Waals surface area contributed by atoms with Crippen LogP contribution < -0.4 is 15.8 Å². The van der Waals surface area contributed by atoms with Gasteiger partial charge >= 0.3 is 6.18 Å². The second-order valence-electron chi connectivity index (χ2n) is 4.52. The van der Waals surface area contributed by atoms with Crippen LogP contribution >= 0.6 is 12.4 Å². The maximum absolute atomic E-state index is 12.5. The van der Waals surface area contributed by atoms with Gasteiger partial charge in [0.25, 0.3) is 0 Å². The van der Waals surface area contributed by atoms with Crippen molar-refractivity contribution in [3.8, 4) is 5.75 Å². The van der Waals surface area contributed by atoms with E-state index in [2.05, 4.69) is 5.32 Å². The third kappa shape index (κ3) is 8.06. The number of carbonyl (C=O) groups excluding carboxylic acids is 1. The molecule has 1 aromatic rings. The first kappa shape index (κ1) is 21.5. The van der Waals surface area contributed by atoms with E-state index in [1.807, 2.05) is 0 Å². The molecule has 0 radical (unpaired) electrons. The first-order chi connectivity index (χ1) is 10.4. The molecule has 132 valence electrons. The zero-order chi connectivity index (χ0) is 16.6. The zero-order valence-corrected chi connectivity index (χ0v) is 13.4. The highest BCUT2D eigenvalue weighted by Crippen LogP contribution is 2.31. The Morgan fingerprint density at radius 1 is 1.39 bits per heavy atom. The van der Waals surface area contributed by atoms with Gasteiger partial charge in [0.05, 0.1) is 24.6 Å². The number of ether oxygens (including phenoxy) is 2. The molecule has 0 spiro atoms. The van der Waals surface area contributed by atoms with Crippen LogP contribution in [0.5, 0.6) is 5.75 Å². The molecule has 0 aliphatic rings. The van der Waals surface area contributed by atoms with Gasteiger partial charge in [0.1, 0.15) is 12.4 Å². The highest BCUT2D eigenvalue weighted by molar-refractivity contribution is 5.85. The molecular weight excluding hydrogens is 337 g/mol. The van der Waals surface area contributed by atoms with Gasteiger partial charge in [-0.3, -0.25) is 4.79 Å². The average Bonchev–Trinajstić information content (AvgIpc) is 2.48.